The molecule has 1 aromatic carbocycles. The Labute approximate surface area is 99.5 Å². The lowest BCUT2D eigenvalue weighted by molar-refractivity contribution is 0.609. The van der Waals surface area contributed by atoms with Crippen molar-refractivity contribution in [1.82, 2.24) is 5.32 Å². The van der Waals surface area contributed by atoms with Gasteiger partial charge in [-0.05, 0) is 30.2 Å². The predicted octanol–water partition coefficient (Wildman–Crippen LogP) is 1.99. The van der Waals surface area contributed by atoms with E-state index >= 15 is 0 Å². The number of hydrogen-bond acceptors (Lipinski definition) is 3. The third-order valence-electron chi connectivity index (χ3n) is 2.56. The Morgan fingerprint density at radius 3 is 2.62 bits per heavy atom. The molecule has 2 rings (SSSR count). The van der Waals surface area contributed by atoms with Crippen molar-refractivity contribution in [3.8, 4) is 0 Å². The molecule has 0 radical (unpaired) electrons. The van der Waals surface area contributed by atoms with Gasteiger partial charge in [-0.3, -0.25) is 0 Å². The van der Waals surface area contributed by atoms with Crippen LogP contribution in [0.15, 0.2) is 35.2 Å². The fourth-order valence-electron chi connectivity index (χ4n) is 1.81. The molecular weight excluding hydrogens is 246 g/mol. The first kappa shape index (κ1) is 11.6. The van der Waals surface area contributed by atoms with Crippen molar-refractivity contribution in [2.75, 3.05) is 13.1 Å². The van der Waals surface area contributed by atoms with E-state index in [9.17, 15) is 8.42 Å². The zero-order valence-electron chi connectivity index (χ0n) is 8.61. The highest BCUT2D eigenvalue weighted by Crippen LogP contribution is 2.28. The first-order valence-electron chi connectivity index (χ1n) is 5.03. The van der Waals surface area contributed by atoms with Crippen LogP contribution >= 0.6 is 10.7 Å². The summed E-state index contributed by atoms with van der Waals surface area (Å²) in [5, 5.41) is 3.18. The van der Waals surface area contributed by atoms with E-state index in [2.05, 4.69) is 5.32 Å². The minimum Gasteiger partial charge on any atom is -0.313 e. The highest BCUT2D eigenvalue weighted by atomic mass is 35.7. The van der Waals surface area contributed by atoms with Gasteiger partial charge in [0.15, 0.2) is 0 Å². The van der Waals surface area contributed by atoms with E-state index in [1.165, 1.54) is 0 Å². The number of hydrogen-bond donors (Lipinski definition) is 1. The zero-order chi connectivity index (χ0) is 11.6. The van der Waals surface area contributed by atoms with Gasteiger partial charge in [0.25, 0.3) is 9.05 Å². The Bertz CT molecular complexity index is 523. The van der Waals surface area contributed by atoms with E-state index in [1.54, 1.807) is 18.2 Å². The van der Waals surface area contributed by atoms with Gasteiger partial charge in [-0.1, -0.05) is 24.3 Å². The fraction of sp³-hybridized carbons (Fsp3) is 0.273. The molecule has 0 spiro atoms. The Hall–Kier alpha value is -0.840. The average molecular weight is 258 g/mol. The van der Waals surface area contributed by atoms with Crippen LogP contribution in [0.5, 0.6) is 0 Å². The third kappa shape index (κ3) is 2.45. The van der Waals surface area contributed by atoms with Crippen LogP contribution in [-0.4, -0.2) is 21.5 Å². The van der Waals surface area contributed by atoms with Crippen LogP contribution in [0.3, 0.4) is 0 Å². The molecule has 16 heavy (non-hydrogen) atoms. The first-order chi connectivity index (χ1) is 7.59. The zero-order valence-corrected chi connectivity index (χ0v) is 10.2. The number of halogens is 1. The summed E-state index contributed by atoms with van der Waals surface area (Å²) in [4.78, 5) is 0.199. The van der Waals surface area contributed by atoms with E-state index in [0.717, 1.165) is 30.6 Å². The largest absolute Gasteiger partial charge is 0.313 e. The van der Waals surface area contributed by atoms with Crippen LogP contribution in [-0.2, 0) is 9.05 Å². The van der Waals surface area contributed by atoms with Crippen LogP contribution < -0.4 is 5.32 Å². The smallest absolute Gasteiger partial charge is 0.261 e. The monoisotopic (exact) mass is 257 g/mol. The fourth-order valence-corrected chi connectivity index (χ4v) is 2.92. The molecule has 1 aromatic rings. The second-order valence-corrected chi connectivity index (χ2v) is 6.15. The SMILES string of the molecule is O=S(=O)(Cl)c1ccccc1C1=CCNCC1. The summed E-state index contributed by atoms with van der Waals surface area (Å²) < 4.78 is 22.8. The molecule has 0 saturated heterocycles. The highest BCUT2D eigenvalue weighted by molar-refractivity contribution is 8.13. The summed E-state index contributed by atoms with van der Waals surface area (Å²) in [6.07, 6.45) is 2.83. The van der Waals surface area contributed by atoms with Gasteiger partial charge in [-0.2, -0.15) is 0 Å². The maximum Gasteiger partial charge on any atom is 0.261 e. The quantitative estimate of drug-likeness (QED) is 0.825. The van der Waals surface area contributed by atoms with Crippen LogP contribution in [0.4, 0.5) is 0 Å². The van der Waals surface area contributed by atoms with Gasteiger partial charge >= 0.3 is 0 Å². The topological polar surface area (TPSA) is 46.2 Å². The van der Waals surface area contributed by atoms with E-state index in [1.807, 2.05) is 12.1 Å². The van der Waals surface area contributed by atoms with E-state index in [0.29, 0.717) is 0 Å². The molecule has 0 aliphatic carbocycles. The van der Waals surface area contributed by atoms with Crippen LogP contribution in [0.2, 0.25) is 0 Å². The maximum absolute atomic E-state index is 11.4. The highest BCUT2D eigenvalue weighted by Gasteiger charge is 2.17. The Balaban J connectivity index is 2.52. The van der Waals surface area contributed by atoms with Crippen LogP contribution in [0.25, 0.3) is 5.57 Å². The Morgan fingerprint density at radius 1 is 1.25 bits per heavy atom. The molecule has 1 heterocycles. The number of rotatable bonds is 2. The molecule has 0 fully saturated rings. The van der Waals surface area contributed by atoms with Crippen LogP contribution in [0.1, 0.15) is 12.0 Å². The molecule has 86 valence electrons. The van der Waals surface area contributed by atoms with E-state index < -0.39 is 9.05 Å². The average Bonchev–Trinajstić information content (AvgIpc) is 2.29. The van der Waals surface area contributed by atoms with Gasteiger partial charge in [-0.15, -0.1) is 0 Å². The summed E-state index contributed by atoms with van der Waals surface area (Å²) >= 11 is 0. The molecule has 0 amide bonds. The maximum atomic E-state index is 11.4. The van der Waals surface area contributed by atoms with Crippen molar-refractivity contribution < 1.29 is 8.42 Å². The van der Waals surface area contributed by atoms with Crippen molar-refractivity contribution in [2.45, 2.75) is 11.3 Å². The molecular formula is C11H12ClNO2S. The van der Waals surface area contributed by atoms with Crippen molar-refractivity contribution in [1.29, 1.82) is 0 Å². The molecule has 0 aromatic heterocycles. The standard InChI is InChI=1S/C11H12ClNO2S/c12-16(14,15)11-4-2-1-3-10(11)9-5-7-13-8-6-9/h1-5,13H,6-8H2. The number of benzene rings is 1. The van der Waals surface area contributed by atoms with Gasteiger partial charge in [0.05, 0.1) is 4.90 Å². The van der Waals surface area contributed by atoms with Crippen molar-refractivity contribution >= 4 is 25.3 Å². The minimum atomic E-state index is -3.67. The summed E-state index contributed by atoms with van der Waals surface area (Å²) in [6, 6.07) is 6.84. The van der Waals surface area contributed by atoms with Crippen molar-refractivity contribution in [2.24, 2.45) is 0 Å². The lowest BCUT2D eigenvalue weighted by Crippen LogP contribution is -2.20. The van der Waals surface area contributed by atoms with Gasteiger partial charge in [0.1, 0.15) is 0 Å². The number of nitrogens with one attached hydrogen (secondary N) is 1. The molecule has 1 N–H and O–H groups in total. The molecule has 0 saturated carbocycles. The van der Waals surface area contributed by atoms with E-state index in [-0.39, 0.29) is 4.90 Å². The molecule has 0 atom stereocenters. The van der Waals surface area contributed by atoms with Gasteiger partial charge in [0, 0.05) is 17.2 Å². The molecule has 1 aliphatic rings. The normalized spacial score (nSPS) is 16.9. The van der Waals surface area contributed by atoms with Crippen molar-refractivity contribution in [3.05, 3.63) is 35.9 Å². The molecule has 0 bridgehead atoms. The second kappa shape index (κ2) is 4.57. The third-order valence-corrected chi connectivity index (χ3v) is 3.94. The first-order valence-corrected chi connectivity index (χ1v) is 7.34. The molecule has 0 unspecified atom stereocenters. The van der Waals surface area contributed by atoms with Gasteiger partial charge < -0.3 is 5.32 Å². The Morgan fingerprint density at radius 2 is 2.00 bits per heavy atom. The van der Waals surface area contributed by atoms with E-state index in [4.69, 9.17) is 10.7 Å². The van der Waals surface area contributed by atoms with Gasteiger partial charge in [-0.25, -0.2) is 8.42 Å². The second-order valence-electron chi connectivity index (χ2n) is 3.62. The van der Waals surface area contributed by atoms with Gasteiger partial charge in [0.2, 0.25) is 0 Å². The lowest BCUT2D eigenvalue weighted by atomic mass is 10.0. The molecule has 5 heteroatoms. The summed E-state index contributed by atoms with van der Waals surface area (Å²) in [6.45, 7) is 1.63. The minimum absolute atomic E-state index is 0.199. The predicted molar refractivity (Wildman–Crippen MR) is 64.9 cm³/mol. The summed E-state index contributed by atoms with van der Waals surface area (Å²) in [5.74, 6) is 0. The van der Waals surface area contributed by atoms with Crippen LogP contribution in [0, 0.1) is 0 Å². The molecule has 3 nitrogen and oxygen atoms in total. The summed E-state index contributed by atoms with van der Waals surface area (Å²) in [5.41, 5.74) is 1.76. The summed E-state index contributed by atoms with van der Waals surface area (Å²) in [7, 11) is 1.74. The molecule has 1 aliphatic heterocycles. The Kier molecular flexibility index (Phi) is 3.33. The lowest BCUT2D eigenvalue weighted by Gasteiger charge is -2.16. The van der Waals surface area contributed by atoms with Crippen molar-refractivity contribution in [3.63, 3.8) is 0 Å².